The quantitative estimate of drug-likeness (QED) is 0.825. The molecule has 6 nitrogen and oxygen atoms in total. The highest BCUT2D eigenvalue weighted by Crippen LogP contribution is 2.17. The topological polar surface area (TPSA) is 80.3 Å². The summed E-state index contributed by atoms with van der Waals surface area (Å²) < 4.78 is 4.77. The minimum absolute atomic E-state index is 0.0302. The molecule has 2 N–H and O–H groups in total. The van der Waals surface area contributed by atoms with Gasteiger partial charge in [0.15, 0.2) is 5.78 Å². The zero-order valence-corrected chi connectivity index (χ0v) is 12.4. The molecule has 0 spiro atoms. The molecule has 1 amide bonds. The lowest BCUT2D eigenvalue weighted by molar-refractivity contribution is 0.101. The van der Waals surface area contributed by atoms with Crippen molar-refractivity contribution in [3.63, 3.8) is 0 Å². The normalized spacial score (nSPS) is 9.91. The van der Waals surface area contributed by atoms with E-state index in [2.05, 4.69) is 15.6 Å². The smallest absolute Gasteiger partial charge is 0.412 e. The summed E-state index contributed by atoms with van der Waals surface area (Å²) in [5, 5.41) is 5.67. The largest absolute Gasteiger partial charge is 0.450 e. The minimum atomic E-state index is -0.532. The van der Waals surface area contributed by atoms with Crippen molar-refractivity contribution in [2.75, 3.05) is 17.2 Å². The summed E-state index contributed by atoms with van der Waals surface area (Å²) in [6.45, 7) is 3.57. The minimum Gasteiger partial charge on any atom is -0.450 e. The molecule has 0 saturated heterocycles. The Balaban J connectivity index is 1.98. The third-order valence-electron chi connectivity index (χ3n) is 2.85. The lowest BCUT2D eigenvalue weighted by atomic mass is 10.1. The van der Waals surface area contributed by atoms with Crippen LogP contribution in [0.2, 0.25) is 0 Å². The van der Waals surface area contributed by atoms with Crippen molar-refractivity contribution in [2.45, 2.75) is 13.8 Å². The summed E-state index contributed by atoms with van der Waals surface area (Å²) >= 11 is 0. The highest BCUT2D eigenvalue weighted by molar-refractivity contribution is 5.94. The van der Waals surface area contributed by atoms with Crippen LogP contribution in [0.3, 0.4) is 0 Å². The maximum atomic E-state index is 11.3. The second kappa shape index (κ2) is 7.21. The Bertz CT molecular complexity index is 651. The van der Waals surface area contributed by atoms with E-state index in [4.69, 9.17) is 4.74 Å². The molecule has 0 atom stereocenters. The second-order valence-corrected chi connectivity index (χ2v) is 4.54. The van der Waals surface area contributed by atoms with Crippen LogP contribution in [-0.4, -0.2) is 23.5 Å². The Kier molecular flexibility index (Phi) is 5.08. The molecule has 1 aromatic carbocycles. The maximum absolute atomic E-state index is 11.3. The van der Waals surface area contributed by atoms with Crippen LogP contribution in [0.4, 0.5) is 22.0 Å². The SMILES string of the molecule is CCOC(=O)Nc1ccc(Nc2ccc(C(C)=O)cc2)cn1. The van der Waals surface area contributed by atoms with Crippen molar-refractivity contribution < 1.29 is 14.3 Å². The zero-order valence-electron chi connectivity index (χ0n) is 12.4. The molecule has 0 aliphatic carbocycles. The number of hydrogen-bond acceptors (Lipinski definition) is 5. The van der Waals surface area contributed by atoms with E-state index < -0.39 is 6.09 Å². The Morgan fingerprint density at radius 2 is 1.77 bits per heavy atom. The zero-order chi connectivity index (χ0) is 15.9. The number of ether oxygens (including phenoxy) is 1. The van der Waals surface area contributed by atoms with Gasteiger partial charge in [0, 0.05) is 11.3 Å². The first kappa shape index (κ1) is 15.5. The van der Waals surface area contributed by atoms with Gasteiger partial charge in [-0.05, 0) is 50.2 Å². The molecule has 0 bridgehead atoms. The van der Waals surface area contributed by atoms with Crippen LogP contribution in [0.15, 0.2) is 42.6 Å². The Labute approximate surface area is 128 Å². The standard InChI is InChI=1S/C16H17N3O3/c1-3-22-16(21)19-15-9-8-14(10-17-15)18-13-6-4-12(5-7-13)11(2)20/h4-10,18H,3H2,1-2H3,(H,17,19,21). The molecule has 0 aliphatic heterocycles. The number of carbonyl (C=O) groups is 2. The number of Topliss-reactive ketones (excluding diaryl/α,β-unsaturated/α-hetero) is 1. The van der Waals surface area contributed by atoms with Crippen LogP contribution in [0.25, 0.3) is 0 Å². The lowest BCUT2D eigenvalue weighted by Crippen LogP contribution is -2.14. The van der Waals surface area contributed by atoms with Crippen LogP contribution in [0.5, 0.6) is 0 Å². The van der Waals surface area contributed by atoms with Crippen LogP contribution in [0, 0.1) is 0 Å². The molecule has 0 aliphatic rings. The van der Waals surface area contributed by atoms with E-state index in [0.717, 1.165) is 11.4 Å². The Morgan fingerprint density at radius 1 is 1.09 bits per heavy atom. The van der Waals surface area contributed by atoms with Crippen molar-refractivity contribution in [3.8, 4) is 0 Å². The van der Waals surface area contributed by atoms with Gasteiger partial charge < -0.3 is 10.1 Å². The summed E-state index contributed by atoms with van der Waals surface area (Å²) in [6.07, 6.45) is 1.07. The molecule has 0 fully saturated rings. The summed E-state index contributed by atoms with van der Waals surface area (Å²) in [5.74, 6) is 0.443. The molecule has 2 aromatic rings. The summed E-state index contributed by atoms with van der Waals surface area (Å²) in [4.78, 5) is 26.6. The molecule has 1 heterocycles. The first-order valence-electron chi connectivity index (χ1n) is 6.86. The number of amides is 1. The molecule has 0 saturated carbocycles. The van der Waals surface area contributed by atoms with Gasteiger partial charge in [0.05, 0.1) is 18.5 Å². The molecule has 2 rings (SSSR count). The number of nitrogens with one attached hydrogen (secondary N) is 2. The monoisotopic (exact) mass is 299 g/mol. The van der Waals surface area contributed by atoms with Gasteiger partial charge in [-0.25, -0.2) is 9.78 Å². The molecule has 0 radical (unpaired) electrons. The molecular weight excluding hydrogens is 282 g/mol. The number of nitrogens with zero attached hydrogens (tertiary/aromatic N) is 1. The first-order chi connectivity index (χ1) is 10.6. The van der Waals surface area contributed by atoms with E-state index in [-0.39, 0.29) is 5.78 Å². The van der Waals surface area contributed by atoms with E-state index >= 15 is 0 Å². The first-order valence-corrected chi connectivity index (χ1v) is 6.86. The summed E-state index contributed by atoms with van der Waals surface area (Å²) in [5.41, 5.74) is 2.28. The fourth-order valence-corrected chi connectivity index (χ4v) is 1.77. The molecule has 1 aromatic heterocycles. The van der Waals surface area contributed by atoms with E-state index in [1.165, 1.54) is 6.92 Å². The average Bonchev–Trinajstić information content (AvgIpc) is 2.50. The molecule has 6 heteroatoms. The summed E-state index contributed by atoms with van der Waals surface area (Å²) in [6, 6.07) is 10.6. The van der Waals surface area contributed by atoms with Gasteiger partial charge in [0.25, 0.3) is 0 Å². The van der Waals surface area contributed by atoms with E-state index in [1.807, 2.05) is 12.1 Å². The van der Waals surface area contributed by atoms with Crippen molar-refractivity contribution >= 4 is 29.1 Å². The number of benzene rings is 1. The molecule has 0 unspecified atom stereocenters. The highest BCUT2D eigenvalue weighted by Gasteiger charge is 2.03. The molecule has 114 valence electrons. The van der Waals surface area contributed by atoms with Crippen LogP contribution < -0.4 is 10.6 Å². The van der Waals surface area contributed by atoms with Gasteiger partial charge >= 0.3 is 6.09 Å². The fraction of sp³-hybridized carbons (Fsp3) is 0.188. The van der Waals surface area contributed by atoms with Gasteiger partial charge in [-0.3, -0.25) is 10.1 Å². The third-order valence-corrected chi connectivity index (χ3v) is 2.85. The maximum Gasteiger partial charge on any atom is 0.412 e. The van der Waals surface area contributed by atoms with E-state index in [1.54, 1.807) is 37.4 Å². The third kappa shape index (κ3) is 4.31. The van der Waals surface area contributed by atoms with Crippen molar-refractivity contribution in [2.24, 2.45) is 0 Å². The van der Waals surface area contributed by atoms with Crippen LogP contribution >= 0.6 is 0 Å². The number of aromatic nitrogens is 1. The number of pyridine rings is 1. The average molecular weight is 299 g/mol. The molecular formula is C16H17N3O3. The van der Waals surface area contributed by atoms with Crippen molar-refractivity contribution in [1.82, 2.24) is 4.98 Å². The number of ketones is 1. The Hall–Kier alpha value is -2.89. The van der Waals surface area contributed by atoms with Gasteiger partial charge in [-0.1, -0.05) is 0 Å². The van der Waals surface area contributed by atoms with Crippen molar-refractivity contribution in [3.05, 3.63) is 48.2 Å². The number of rotatable bonds is 5. The van der Waals surface area contributed by atoms with Gasteiger partial charge in [0.2, 0.25) is 0 Å². The van der Waals surface area contributed by atoms with Gasteiger partial charge in [-0.2, -0.15) is 0 Å². The van der Waals surface area contributed by atoms with E-state index in [0.29, 0.717) is 18.0 Å². The lowest BCUT2D eigenvalue weighted by Gasteiger charge is -2.08. The van der Waals surface area contributed by atoms with Gasteiger partial charge in [-0.15, -0.1) is 0 Å². The molecule has 22 heavy (non-hydrogen) atoms. The summed E-state index contributed by atoms with van der Waals surface area (Å²) in [7, 11) is 0. The number of hydrogen-bond donors (Lipinski definition) is 2. The highest BCUT2D eigenvalue weighted by atomic mass is 16.5. The predicted octanol–water partition coefficient (Wildman–Crippen LogP) is 3.60. The van der Waals surface area contributed by atoms with Crippen molar-refractivity contribution in [1.29, 1.82) is 0 Å². The van der Waals surface area contributed by atoms with Crippen LogP contribution in [0.1, 0.15) is 24.2 Å². The number of anilines is 3. The number of carbonyl (C=O) groups excluding carboxylic acids is 2. The fourth-order valence-electron chi connectivity index (χ4n) is 1.77. The van der Waals surface area contributed by atoms with E-state index in [9.17, 15) is 9.59 Å². The van der Waals surface area contributed by atoms with Crippen LogP contribution in [-0.2, 0) is 4.74 Å². The Morgan fingerprint density at radius 3 is 2.32 bits per heavy atom. The second-order valence-electron chi connectivity index (χ2n) is 4.54. The van der Waals surface area contributed by atoms with Gasteiger partial charge in [0.1, 0.15) is 5.82 Å². The predicted molar refractivity (Wildman–Crippen MR) is 84.6 cm³/mol.